The van der Waals surface area contributed by atoms with Crippen LogP contribution in [0.1, 0.15) is 23.2 Å². The van der Waals surface area contributed by atoms with Crippen molar-refractivity contribution in [1.82, 2.24) is 24.8 Å². The van der Waals surface area contributed by atoms with Gasteiger partial charge in [0.05, 0.1) is 33.1 Å². The number of aliphatic hydroxyl groups excluding tert-OH is 2. The van der Waals surface area contributed by atoms with Crippen molar-refractivity contribution >= 4 is 45.8 Å². The molecule has 3 heterocycles. The highest BCUT2D eigenvalue weighted by Gasteiger charge is 2.75. The SMILES string of the molecule is CNC(=O)C12CC1[C@@H](n1cnc3c(N)nc(C#Cc4ccc(Cl)s4)nc31)[C@H](O)[C@@H]2O. The van der Waals surface area contributed by atoms with Crippen molar-refractivity contribution in [2.24, 2.45) is 11.3 Å². The van der Waals surface area contributed by atoms with Crippen molar-refractivity contribution in [3.63, 3.8) is 0 Å². The second kappa shape index (κ2) is 6.65. The van der Waals surface area contributed by atoms with Gasteiger partial charge in [-0.05, 0) is 30.4 Å². The standard InChI is InChI=1S/C19H17ClN6O3S/c1-22-18(29)19-6-9(19)13(14(27)15(19)28)26-7-23-12-16(21)24-11(25-17(12)26)5-3-8-2-4-10(20)30-8/h2,4,7,9,13-15,27-28H,6H2,1H3,(H,22,29)(H2,21,24,25)/t9?,13-,14+,15+,19?/m1/s1. The zero-order valence-corrected chi connectivity index (χ0v) is 17.3. The van der Waals surface area contributed by atoms with Crippen molar-refractivity contribution in [2.45, 2.75) is 24.7 Å². The maximum atomic E-state index is 12.4. The molecule has 0 bridgehead atoms. The minimum absolute atomic E-state index is 0.161. The Labute approximate surface area is 179 Å². The molecule has 0 aromatic carbocycles. The highest BCUT2D eigenvalue weighted by molar-refractivity contribution is 7.16. The summed E-state index contributed by atoms with van der Waals surface area (Å²) < 4.78 is 2.29. The van der Waals surface area contributed by atoms with E-state index >= 15 is 0 Å². The van der Waals surface area contributed by atoms with Crippen LogP contribution in [0.5, 0.6) is 0 Å². The lowest BCUT2D eigenvalue weighted by Gasteiger charge is -2.23. The van der Waals surface area contributed by atoms with E-state index in [-0.39, 0.29) is 23.5 Å². The number of rotatable bonds is 2. The van der Waals surface area contributed by atoms with Gasteiger partial charge in [-0.1, -0.05) is 11.6 Å². The third-order valence-electron chi connectivity index (χ3n) is 5.96. The third-order valence-corrected chi connectivity index (χ3v) is 7.11. The molecule has 11 heteroatoms. The number of amides is 1. The Balaban J connectivity index is 1.56. The number of carbonyl (C=O) groups excluding carboxylic acids is 1. The highest BCUT2D eigenvalue weighted by Crippen LogP contribution is 2.67. The number of fused-ring (bicyclic) bond motifs is 2. The van der Waals surface area contributed by atoms with E-state index in [1.165, 1.54) is 24.7 Å². The molecule has 2 aliphatic carbocycles. The molecule has 0 radical (unpaired) electrons. The first kappa shape index (κ1) is 19.3. The van der Waals surface area contributed by atoms with Crippen LogP contribution in [0.4, 0.5) is 5.82 Å². The third kappa shape index (κ3) is 2.63. The minimum Gasteiger partial charge on any atom is -0.389 e. The van der Waals surface area contributed by atoms with Crippen LogP contribution in [0.3, 0.4) is 0 Å². The Morgan fingerprint density at radius 3 is 2.90 bits per heavy atom. The second-order valence-electron chi connectivity index (χ2n) is 7.47. The summed E-state index contributed by atoms with van der Waals surface area (Å²) >= 11 is 7.27. The zero-order valence-electron chi connectivity index (χ0n) is 15.7. The zero-order chi connectivity index (χ0) is 21.2. The molecule has 154 valence electrons. The molecule has 9 nitrogen and oxygen atoms in total. The fraction of sp³-hybridized carbons (Fsp3) is 0.368. The number of nitrogens with zero attached hydrogens (tertiary/aromatic N) is 4. The molecule has 2 aliphatic rings. The molecule has 2 fully saturated rings. The van der Waals surface area contributed by atoms with Crippen molar-refractivity contribution < 1.29 is 15.0 Å². The maximum Gasteiger partial charge on any atom is 0.229 e. The van der Waals surface area contributed by atoms with Gasteiger partial charge < -0.3 is 25.8 Å². The predicted octanol–water partition coefficient (Wildman–Crippen LogP) is 0.552. The van der Waals surface area contributed by atoms with Crippen molar-refractivity contribution in [3.05, 3.63) is 33.5 Å². The average molecular weight is 445 g/mol. The van der Waals surface area contributed by atoms with Crippen LogP contribution in [0.25, 0.3) is 11.2 Å². The molecule has 2 unspecified atom stereocenters. The van der Waals surface area contributed by atoms with Gasteiger partial charge >= 0.3 is 0 Å². The molecule has 3 aromatic heterocycles. The van der Waals surface area contributed by atoms with Gasteiger partial charge in [0.15, 0.2) is 11.5 Å². The molecule has 5 atom stereocenters. The second-order valence-corrected chi connectivity index (χ2v) is 9.18. The van der Waals surface area contributed by atoms with Crippen LogP contribution in [0.2, 0.25) is 4.34 Å². The number of imidazole rings is 1. The number of hydrogen-bond acceptors (Lipinski definition) is 8. The van der Waals surface area contributed by atoms with Crippen molar-refractivity contribution in [1.29, 1.82) is 0 Å². The van der Waals surface area contributed by atoms with E-state index in [9.17, 15) is 15.0 Å². The fourth-order valence-electron chi connectivity index (χ4n) is 4.50. The summed E-state index contributed by atoms with van der Waals surface area (Å²) in [6, 6.07) is 2.99. The first-order valence-corrected chi connectivity index (χ1v) is 10.4. The Hall–Kier alpha value is -2.71. The summed E-state index contributed by atoms with van der Waals surface area (Å²) in [5.74, 6) is 5.67. The number of hydrogen-bond donors (Lipinski definition) is 4. The molecule has 30 heavy (non-hydrogen) atoms. The number of anilines is 1. The van der Waals surface area contributed by atoms with Crippen molar-refractivity contribution in [2.75, 3.05) is 12.8 Å². The number of nitrogen functional groups attached to an aromatic ring is 1. The molecule has 0 saturated heterocycles. The summed E-state index contributed by atoms with van der Waals surface area (Å²) in [6.45, 7) is 0. The topological polar surface area (TPSA) is 139 Å². The number of halogens is 1. The number of nitrogens with one attached hydrogen (secondary N) is 1. The molecule has 1 amide bonds. The number of carbonyl (C=O) groups is 1. The smallest absolute Gasteiger partial charge is 0.229 e. The Morgan fingerprint density at radius 2 is 2.20 bits per heavy atom. The summed E-state index contributed by atoms with van der Waals surface area (Å²) in [5, 5.41) is 23.9. The van der Waals surface area contributed by atoms with Crippen LogP contribution in [0, 0.1) is 23.2 Å². The van der Waals surface area contributed by atoms with Gasteiger partial charge in [-0.2, -0.15) is 0 Å². The number of nitrogens with two attached hydrogens (primary N) is 1. The summed E-state index contributed by atoms with van der Waals surface area (Å²) in [4.78, 5) is 26.1. The van der Waals surface area contributed by atoms with Gasteiger partial charge in [-0.3, -0.25) is 4.79 Å². The number of thiophene rings is 1. The predicted molar refractivity (Wildman–Crippen MR) is 111 cm³/mol. The van der Waals surface area contributed by atoms with E-state index in [0.717, 1.165) is 4.88 Å². The Morgan fingerprint density at radius 1 is 1.40 bits per heavy atom. The van der Waals surface area contributed by atoms with Gasteiger partial charge in [0.1, 0.15) is 11.6 Å². The van der Waals surface area contributed by atoms with Gasteiger partial charge in [0.2, 0.25) is 11.7 Å². The highest BCUT2D eigenvalue weighted by atomic mass is 35.5. The molecule has 2 saturated carbocycles. The molecular weight excluding hydrogens is 428 g/mol. The van der Waals surface area contributed by atoms with E-state index < -0.39 is 23.7 Å². The van der Waals surface area contributed by atoms with E-state index in [0.29, 0.717) is 21.9 Å². The van der Waals surface area contributed by atoms with Crippen LogP contribution in [-0.2, 0) is 4.79 Å². The number of aromatic nitrogens is 4. The first-order valence-electron chi connectivity index (χ1n) is 9.22. The first-order chi connectivity index (χ1) is 14.4. The van der Waals surface area contributed by atoms with Gasteiger partial charge in [0.25, 0.3) is 0 Å². The van der Waals surface area contributed by atoms with E-state index in [1.807, 2.05) is 0 Å². The molecule has 0 spiro atoms. The Kier molecular flexibility index (Phi) is 4.27. The van der Waals surface area contributed by atoms with Gasteiger partial charge in [0, 0.05) is 13.0 Å². The monoisotopic (exact) mass is 444 g/mol. The van der Waals surface area contributed by atoms with E-state index in [4.69, 9.17) is 17.3 Å². The lowest BCUT2D eigenvalue weighted by molar-refractivity contribution is -0.132. The molecule has 3 aromatic rings. The Bertz CT molecular complexity index is 1250. The van der Waals surface area contributed by atoms with Crippen LogP contribution in [-0.4, -0.2) is 54.9 Å². The fourth-order valence-corrected chi connectivity index (χ4v) is 5.39. The quantitative estimate of drug-likeness (QED) is 0.423. The molecule has 5 N–H and O–H groups in total. The lowest BCUT2D eigenvalue weighted by atomic mass is 9.98. The van der Waals surface area contributed by atoms with Crippen LogP contribution < -0.4 is 11.1 Å². The molecule has 0 aliphatic heterocycles. The number of aliphatic hydroxyl groups is 2. The minimum atomic E-state index is -1.17. The molecule has 5 rings (SSSR count). The van der Waals surface area contributed by atoms with Crippen LogP contribution in [0.15, 0.2) is 18.5 Å². The van der Waals surface area contributed by atoms with Gasteiger partial charge in [-0.25, -0.2) is 15.0 Å². The summed E-state index contributed by atoms with van der Waals surface area (Å²) in [7, 11) is 1.52. The van der Waals surface area contributed by atoms with E-state index in [2.05, 4.69) is 32.1 Å². The molecular formula is C19H17ClN6O3S. The largest absolute Gasteiger partial charge is 0.389 e. The lowest BCUT2D eigenvalue weighted by Crippen LogP contribution is -2.41. The normalized spacial score (nSPS) is 29.3. The van der Waals surface area contributed by atoms with Gasteiger partial charge in [-0.15, -0.1) is 11.3 Å². The average Bonchev–Trinajstić information content (AvgIpc) is 2.98. The van der Waals surface area contributed by atoms with E-state index in [1.54, 1.807) is 16.7 Å². The summed E-state index contributed by atoms with van der Waals surface area (Å²) in [6.07, 6.45) is -0.337. The maximum absolute atomic E-state index is 12.4. The van der Waals surface area contributed by atoms with Crippen molar-refractivity contribution in [3.8, 4) is 11.8 Å². The summed E-state index contributed by atoms with van der Waals surface area (Å²) in [5.41, 5.74) is 5.83. The van der Waals surface area contributed by atoms with Crippen LogP contribution >= 0.6 is 22.9 Å².